The normalized spacial score (nSPS) is 17.9. The topological polar surface area (TPSA) is 103 Å². The molecule has 0 saturated heterocycles. The van der Waals surface area contributed by atoms with Gasteiger partial charge in [-0.25, -0.2) is 4.39 Å². The van der Waals surface area contributed by atoms with Gasteiger partial charge in [0.15, 0.2) is 0 Å². The molecule has 0 saturated carbocycles. The minimum absolute atomic E-state index is 0.00846. The summed E-state index contributed by atoms with van der Waals surface area (Å²) in [4.78, 5) is 11.1. The number of halogens is 1. The lowest BCUT2D eigenvalue weighted by Crippen LogP contribution is -2.21. The van der Waals surface area contributed by atoms with Crippen molar-refractivity contribution in [2.45, 2.75) is 63.7 Å². The smallest absolute Gasteiger partial charge is 0.304 e. The third kappa shape index (κ3) is 5.21. The van der Waals surface area contributed by atoms with E-state index >= 15 is 4.39 Å². The molecule has 1 aromatic heterocycles. The van der Waals surface area contributed by atoms with Crippen LogP contribution in [0.25, 0.3) is 10.9 Å². The largest absolute Gasteiger partial charge is 0.492 e. The van der Waals surface area contributed by atoms with Crippen molar-refractivity contribution in [3.8, 4) is 23.0 Å². The van der Waals surface area contributed by atoms with Gasteiger partial charge >= 0.3 is 5.97 Å². The van der Waals surface area contributed by atoms with Crippen LogP contribution in [0.2, 0.25) is 0 Å². The van der Waals surface area contributed by atoms with Crippen LogP contribution < -0.4 is 14.2 Å². The molecule has 2 N–H and O–H groups in total. The Morgan fingerprint density at radius 2 is 2.00 bits per heavy atom. The Morgan fingerprint density at radius 1 is 1.18 bits per heavy atom. The molecule has 0 fully saturated rings. The average molecular weight is 547 g/mol. The van der Waals surface area contributed by atoms with Gasteiger partial charge in [0.2, 0.25) is 0 Å². The van der Waals surface area contributed by atoms with E-state index in [1.165, 1.54) is 6.07 Å². The van der Waals surface area contributed by atoms with Gasteiger partial charge in [-0.3, -0.25) is 9.48 Å². The lowest BCUT2D eigenvalue weighted by Gasteiger charge is -2.17. The van der Waals surface area contributed by atoms with E-state index in [-0.39, 0.29) is 18.2 Å². The van der Waals surface area contributed by atoms with Crippen LogP contribution in [-0.2, 0) is 17.8 Å². The van der Waals surface area contributed by atoms with Crippen molar-refractivity contribution in [1.29, 1.82) is 0 Å². The number of carboxylic acids is 1. The average Bonchev–Trinajstić information content (AvgIpc) is 3.61. The van der Waals surface area contributed by atoms with Crippen LogP contribution >= 0.6 is 0 Å². The van der Waals surface area contributed by atoms with E-state index in [1.807, 2.05) is 28.9 Å². The van der Waals surface area contributed by atoms with Crippen molar-refractivity contribution in [1.82, 2.24) is 9.78 Å². The highest BCUT2D eigenvalue weighted by molar-refractivity contribution is 5.80. The minimum Gasteiger partial charge on any atom is -0.492 e. The Balaban J connectivity index is 1.19. The number of hydrogen-bond acceptors (Lipinski definition) is 6. The van der Waals surface area contributed by atoms with Gasteiger partial charge in [0.25, 0.3) is 0 Å². The summed E-state index contributed by atoms with van der Waals surface area (Å²) in [5, 5.41) is 24.5. The molecule has 0 radical (unpaired) electrons. The highest BCUT2D eigenvalue weighted by Gasteiger charge is 2.32. The SMILES string of the molecule is CC(C)(O)CCn1ncc2cc(Oc3ccc(F)c4c3CCC4Oc3ccc4c(c3)OCC4CC(=O)O)ccc21. The van der Waals surface area contributed by atoms with Gasteiger partial charge in [0.1, 0.15) is 34.9 Å². The summed E-state index contributed by atoms with van der Waals surface area (Å²) in [6.45, 7) is 4.47. The number of hydrogen-bond donors (Lipinski definition) is 2. The van der Waals surface area contributed by atoms with Crippen molar-refractivity contribution in [2.75, 3.05) is 6.61 Å². The van der Waals surface area contributed by atoms with E-state index in [0.29, 0.717) is 61.0 Å². The number of fused-ring (bicyclic) bond motifs is 3. The fourth-order valence-corrected chi connectivity index (χ4v) is 5.54. The quantitative estimate of drug-likeness (QED) is 0.260. The molecule has 9 heteroatoms. The highest BCUT2D eigenvalue weighted by atomic mass is 19.1. The first-order chi connectivity index (χ1) is 19.1. The first-order valence-corrected chi connectivity index (χ1v) is 13.5. The molecule has 3 aromatic carbocycles. The zero-order chi connectivity index (χ0) is 28.0. The van der Waals surface area contributed by atoms with E-state index in [1.54, 1.807) is 38.2 Å². The summed E-state index contributed by atoms with van der Waals surface area (Å²) in [6.07, 6.45) is 3.08. The maximum Gasteiger partial charge on any atom is 0.304 e. The van der Waals surface area contributed by atoms with E-state index < -0.39 is 17.7 Å². The fraction of sp³-hybridized carbons (Fsp3) is 0.355. The van der Waals surface area contributed by atoms with E-state index in [9.17, 15) is 9.90 Å². The molecule has 0 amide bonds. The lowest BCUT2D eigenvalue weighted by atomic mass is 9.98. The molecule has 1 aliphatic heterocycles. The Morgan fingerprint density at radius 3 is 2.80 bits per heavy atom. The van der Waals surface area contributed by atoms with Gasteiger partial charge in [-0.15, -0.1) is 0 Å². The predicted molar refractivity (Wildman–Crippen MR) is 146 cm³/mol. The van der Waals surface area contributed by atoms with Crippen molar-refractivity contribution < 1.29 is 33.6 Å². The molecule has 2 heterocycles. The summed E-state index contributed by atoms with van der Waals surface area (Å²) in [7, 11) is 0. The van der Waals surface area contributed by atoms with Gasteiger partial charge in [-0.2, -0.15) is 5.10 Å². The number of aliphatic hydroxyl groups is 1. The van der Waals surface area contributed by atoms with Crippen molar-refractivity contribution in [3.63, 3.8) is 0 Å². The second kappa shape index (κ2) is 10.1. The molecule has 2 aliphatic rings. The number of ether oxygens (including phenoxy) is 3. The van der Waals surface area contributed by atoms with Gasteiger partial charge in [0, 0.05) is 40.6 Å². The number of aliphatic carboxylic acids is 1. The first-order valence-electron chi connectivity index (χ1n) is 13.5. The molecule has 1 aliphatic carbocycles. The molecular formula is C31H31FN2O6. The standard InChI is InChI=1S/C31H31FN2O6/c1-31(2,37)11-12-34-25-8-4-20(13-18(25)16-33-34)39-26-10-7-24(32)30-23(26)6-9-27(30)40-21-3-5-22-19(14-29(35)36)17-38-28(22)15-21/h3-5,7-8,10,13,15-16,19,27,37H,6,9,11-12,14,17H2,1-2H3,(H,35,36). The first kappa shape index (κ1) is 26.1. The van der Waals surface area contributed by atoms with E-state index in [2.05, 4.69) is 5.10 Å². The zero-order valence-electron chi connectivity index (χ0n) is 22.4. The van der Waals surface area contributed by atoms with Crippen LogP contribution in [0, 0.1) is 5.82 Å². The van der Waals surface area contributed by atoms with Crippen molar-refractivity contribution in [3.05, 3.63) is 77.2 Å². The molecule has 40 heavy (non-hydrogen) atoms. The fourth-order valence-electron chi connectivity index (χ4n) is 5.54. The van der Waals surface area contributed by atoms with Gasteiger partial charge < -0.3 is 24.4 Å². The van der Waals surface area contributed by atoms with Crippen LogP contribution in [0.1, 0.15) is 61.8 Å². The highest BCUT2D eigenvalue weighted by Crippen LogP contribution is 2.44. The third-order valence-electron chi connectivity index (χ3n) is 7.58. The molecule has 4 aromatic rings. The summed E-state index contributed by atoms with van der Waals surface area (Å²) < 4.78 is 35.1. The molecule has 6 rings (SSSR count). The molecular weight excluding hydrogens is 515 g/mol. The number of aromatic nitrogens is 2. The van der Waals surface area contributed by atoms with Crippen molar-refractivity contribution in [2.24, 2.45) is 0 Å². The minimum atomic E-state index is -0.866. The molecule has 0 spiro atoms. The lowest BCUT2D eigenvalue weighted by molar-refractivity contribution is -0.137. The second-order valence-electron chi connectivity index (χ2n) is 11.1. The molecule has 208 valence electrons. The van der Waals surface area contributed by atoms with Crippen LogP contribution in [-0.4, -0.2) is 38.2 Å². The van der Waals surface area contributed by atoms with E-state index in [4.69, 9.17) is 19.3 Å². The Kier molecular flexibility index (Phi) is 6.62. The third-order valence-corrected chi connectivity index (χ3v) is 7.58. The number of aryl methyl sites for hydroxylation is 1. The summed E-state index contributed by atoms with van der Waals surface area (Å²) >= 11 is 0. The number of carboxylic acid groups (broad SMARTS) is 1. The van der Waals surface area contributed by atoms with Crippen molar-refractivity contribution >= 4 is 16.9 Å². The van der Waals surface area contributed by atoms with E-state index in [0.717, 1.165) is 22.0 Å². The van der Waals surface area contributed by atoms with Gasteiger partial charge in [0.05, 0.1) is 30.3 Å². The molecule has 2 atom stereocenters. The van der Waals surface area contributed by atoms with Crippen LogP contribution in [0.4, 0.5) is 4.39 Å². The van der Waals surface area contributed by atoms with Crippen LogP contribution in [0.5, 0.6) is 23.0 Å². The number of rotatable bonds is 9. The van der Waals surface area contributed by atoms with Crippen LogP contribution in [0.3, 0.4) is 0 Å². The molecule has 2 unspecified atom stereocenters. The second-order valence-corrected chi connectivity index (χ2v) is 11.1. The van der Waals surface area contributed by atoms with Crippen LogP contribution in [0.15, 0.2) is 54.7 Å². The summed E-state index contributed by atoms with van der Waals surface area (Å²) in [6, 6.07) is 14.1. The maximum absolute atomic E-state index is 15.1. The Labute approximate surface area is 230 Å². The summed E-state index contributed by atoms with van der Waals surface area (Å²) in [5.41, 5.74) is 2.30. The van der Waals surface area contributed by atoms with Gasteiger partial charge in [-0.1, -0.05) is 6.07 Å². The monoisotopic (exact) mass is 546 g/mol. The summed E-state index contributed by atoms with van der Waals surface area (Å²) in [5.74, 6) is 0.975. The molecule has 8 nitrogen and oxygen atoms in total. The van der Waals surface area contributed by atoms with Gasteiger partial charge in [-0.05, 0) is 69.5 Å². The zero-order valence-corrected chi connectivity index (χ0v) is 22.4. The number of nitrogens with zero attached hydrogens (tertiary/aromatic N) is 2. The Hall–Kier alpha value is -4.11. The maximum atomic E-state index is 15.1. The molecule has 0 bridgehead atoms. The predicted octanol–water partition coefficient (Wildman–Crippen LogP) is 6.15. The Bertz CT molecular complexity index is 1590. The number of benzene rings is 3. The number of carbonyl (C=O) groups is 1.